The molecule has 7 heteroatoms. The fraction of sp³-hybridized carbons (Fsp3) is 0.0952. The number of hydrogen-bond donors (Lipinski definition) is 0. The van der Waals surface area contributed by atoms with Crippen LogP contribution in [0.4, 0.5) is 13.2 Å². The Morgan fingerprint density at radius 2 is 1.46 bits per heavy atom. The molecular weight excluding hydrogens is 367 g/mol. The minimum Gasteiger partial charge on any atom is -0.334 e. The van der Waals surface area contributed by atoms with E-state index in [2.05, 4.69) is 15.1 Å². The lowest BCUT2D eigenvalue weighted by Crippen LogP contribution is -2.05. The molecule has 0 saturated carbocycles. The molecule has 0 aliphatic rings. The van der Waals surface area contributed by atoms with E-state index < -0.39 is 11.7 Å². The molecule has 2 heterocycles. The minimum absolute atomic E-state index is 0.0197. The maximum atomic E-state index is 13.4. The fourth-order valence-electron chi connectivity index (χ4n) is 2.79. The summed E-state index contributed by atoms with van der Waals surface area (Å²) < 4.78 is 45.6. The van der Waals surface area contributed by atoms with E-state index in [4.69, 9.17) is 4.52 Å². The highest BCUT2D eigenvalue weighted by Crippen LogP contribution is 2.36. The third-order valence-electron chi connectivity index (χ3n) is 4.26. The highest BCUT2D eigenvalue weighted by molar-refractivity contribution is 5.72. The lowest BCUT2D eigenvalue weighted by molar-refractivity contribution is -0.137. The van der Waals surface area contributed by atoms with E-state index in [0.717, 1.165) is 17.7 Å². The number of aromatic nitrogens is 3. The molecule has 28 heavy (non-hydrogen) atoms. The van der Waals surface area contributed by atoms with Gasteiger partial charge in [-0.15, -0.1) is 0 Å². The minimum atomic E-state index is -4.50. The standard InChI is InChI=1S/C21H14F3N3O/c1-13-2-4-14(5-3-13)16-10-17(12-18(11-16)21(22,23)24)20-26-19(27-28-20)15-6-8-25-9-7-15/h2-12H,1H3. The first-order chi connectivity index (χ1) is 13.4. The summed E-state index contributed by atoms with van der Waals surface area (Å²) in [6.45, 7) is 1.92. The Morgan fingerprint density at radius 1 is 0.786 bits per heavy atom. The average molecular weight is 381 g/mol. The Bertz CT molecular complexity index is 1100. The number of nitrogens with zero attached hydrogens (tertiary/aromatic N) is 3. The first-order valence-electron chi connectivity index (χ1n) is 8.44. The van der Waals surface area contributed by atoms with Gasteiger partial charge in [0.2, 0.25) is 5.82 Å². The van der Waals surface area contributed by atoms with Gasteiger partial charge in [-0.2, -0.15) is 18.2 Å². The molecule has 2 aromatic carbocycles. The molecule has 0 bridgehead atoms. The van der Waals surface area contributed by atoms with Gasteiger partial charge in [-0.3, -0.25) is 4.98 Å². The summed E-state index contributed by atoms with van der Waals surface area (Å²) in [4.78, 5) is 8.16. The zero-order chi connectivity index (χ0) is 19.7. The van der Waals surface area contributed by atoms with Crippen LogP contribution in [-0.2, 0) is 6.18 Å². The normalized spacial score (nSPS) is 11.6. The summed E-state index contributed by atoms with van der Waals surface area (Å²) >= 11 is 0. The van der Waals surface area contributed by atoms with Crippen molar-refractivity contribution in [2.24, 2.45) is 0 Å². The number of halogens is 3. The SMILES string of the molecule is Cc1ccc(-c2cc(-c3nc(-c4ccncc4)no3)cc(C(F)(F)F)c2)cc1. The van der Waals surface area contributed by atoms with Crippen LogP contribution in [0.5, 0.6) is 0 Å². The van der Waals surface area contributed by atoms with E-state index in [-0.39, 0.29) is 17.3 Å². The van der Waals surface area contributed by atoms with E-state index in [1.54, 1.807) is 42.7 Å². The van der Waals surface area contributed by atoms with Gasteiger partial charge in [-0.25, -0.2) is 0 Å². The average Bonchev–Trinajstić information content (AvgIpc) is 3.18. The maximum absolute atomic E-state index is 13.4. The summed E-state index contributed by atoms with van der Waals surface area (Å²) in [6, 6.07) is 14.4. The Labute approximate surface area is 158 Å². The zero-order valence-corrected chi connectivity index (χ0v) is 14.7. The second-order valence-corrected chi connectivity index (χ2v) is 6.32. The van der Waals surface area contributed by atoms with E-state index in [9.17, 15) is 13.2 Å². The molecule has 0 N–H and O–H groups in total. The molecule has 4 aromatic rings. The van der Waals surface area contributed by atoms with Crippen molar-refractivity contribution in [1.82, 2.24) is 15.1 Å². The molecule has 0 unspecified atom stereocenters. The maximum Gasteiger partial charge on any atom is 0.416 e. The first-order valence-corrected chi connectivity index (χ1v) is 8.44. The van der Waals surface area contributed by atoms with Crippen molar-refractivity contribution in [2.45, 2.75) is 13.1 Å². The summed E-state index contributed by atoms with van der Waals surface area (Å²) in [6.07, 6.45) is -1.35. The molecule has 140 valence electrons. The van der Waals surface area contributed by atoms with Crippen LogP contribution in [-0.4, -0.2) is 15.1 Å². The summed E-state index contributed by atoms with van der Waals surface area (Å²) in [7, 11) is 0. The quantitative estimate of drug-likeness (QED) is 0.450. The van der Waals surface area contributed by atoms with Crippen LogP contribution in [0.1, 0.15) is 11.1 Å². The van der Waals surface area contributed by atoms with Crippen LogP contribution in [0.15, 0.2) is 71.5 Å². The first kappa shape index (κ1) is 17.9. The second kappa shape index (κ2) is 6.92. The zero-order valence-electron chi connectivity index (χ0n) is 14.7. The van der Waals surface area contributed by atoms with Crippen LogP contribution in [0, 0.1) is 6.92 Å². The van der Waals surface area contributed by atoms with E-state index in [1.807, 2.05) is 19.1 Å². The third-order valence-corrected chi connectivity index (χ3v) is 4.26. The summed E-state index contributed by atoms with van der Waals surface area (Å²) in [5.74, 6) is 0.304. The Hall–Kier alpha value is -3.48. The topological polar surface area (TPSA) is 51.8 Å². The molecule has 0 saturated heterocycles. The Morgan fingerprint density at radius 3 is 2.14 bits per heavy atom. The highest BCUT2D eigenvalue weighted by Gasteiger charge is 2.32. The summed E-state index contributed by atoms with van der Waals surface area (Å²) in [5.41, 5.74) is 2.22. The Kier molecular flexibility index (Phi) is 4.43. The third kappa shape index (κ3) is 3.64. The van der Waals surface area contributed by atoms with Crippen molar-refractivity contribution in [1.29, 1.82) is 0 Å². The van der Waals surface area contributed by atoms with Gasteiger partial charge >= 0.3 is 6.18 Å². The molecule has 0 radical (unpaired) electrons. The number of hydrogen-bond acceptors (Lipinski definition) is 4. The molecule has 0 amide bonds. The van der Waals surface area contributed by atoms with Crippen molar-refractivity contribution in [2.75, 3.05) is 0 Å². The van der Waals surface area contributed by atoms with E-state index >= 15 is 0 Å². The second-order valence-electron chi connectivity index (χ2n) is 6.32. The predicted octanol–water partition coefficient (Wildman–Crippen LogP) is 5.79. The molecule has 0 spiro atoms. The molecule has 0 aliphatic carbocycles. The smallest absolute Gasteiger partial charge is 0.334 e. The lowest BCUT2D eigenvalue weighted by atomic mass is 9.98. The van der Waals surface area contributed by atoms with Gasteiger partial charge in [0.15, 0.2) is 0 Å². The van der Waals surface area contributed by atoms with Gasteiger partial charge in [0, 0.05) is 23.5 Å². The fourth-order valence-corrected chi connectivity index (χ4v) is 2.79. The molecule has 4 rings (SSSR count). The predicted molar refractivity (Wildman–Crippen MR) is 98.1 cm³/mol. The number of pyridine rings is 1. The Balaban J connectivity index is 1.81. The molecule has 0 aliphatic heterocycles. The van der Waals surface area contributed by atoms with Crippen molar-refractivity contribution >= 4 is 0 Å². The number of alkyl halides is 3. The van der Waals surface area contributed by atoms with Gasteiger partial charge in [0.1, 0.15) is 0 Å². The molecule has 0 atom stereocenters. The lowest BCUT2D eigenvalue weighted by Gasteiger charge is -2.11. The van der Waals surface area contributed by atoms with Crippen LogP contribution in [0.25, 0.3) is 34.0 Å². The molecule has 4 nitrogen and oxygen atoms in total. The van der Waals surface area contributed by atoms with Crippen LogP contribution >= 0.6 is 0 Å². The van der Waals surface area contributed by atoms with Gasteiger partial charge < -0.3 is 4.52 Å². The van der Waals surface area contributed by atoms with E-state index in [1.165, 1.54) is 0 Å². The van der Waals surface area contributed by atoms with Crippen molar-refractivity contribution in [3.8, 4) is 34.0 Å². The van der Waals surface area contributed by atoms with Gasteiger partial charge in [-0.05, 0) is 48.4 Å². The molecular formula is C21H14F3N3O. The van der Waals surface area contributed by atoms with Crippen molar-refractivity contribution in [3.63, 3.8) is 0 Å². The van der Waals surface area contributed by atoms with Crippen molar-refractivity contribution in [3.05, 3.63) is 78.1 Å². The number of benzene rings is 2. The number of rotatable bonds is 3. The van der Waals surface area contributed by atoms with Crippen molar-refractivity contribution < 1.29 is 17.7 Å². The van der Waals surface area contributed by atoms with Crippen LogP contribution in [0.2, 0.25) is 0 Å². The monoisotopic (exact) mass is 381 g/mol. The molecule has 0 fully saturated rings. The van der Waals surface area contributed by atoms with Gasteiger partial charge in [0.25, 0.3) is 5.89 Å². The molecule has 2 aromatic heterocycles. The van der Waals surface area contributed by atoms with Gasteiger partial charge in [0.05, 0.1) is 5.56 Å². The van der Waals surface area contributed by atoms with Gasteiger partial charge in [-0.1, -0.05) is 35.0 Å². The van der Waals surface area contributed by atoms with E-state index in [0.29, 0.717) is 16.7 Å². The van der Waals surface area contributed by atoms with Crippen LogP contribution in [0.3, 0.4) is 0 Å². The summed E-state index contributed by atoms with van der Waals surface area (Å²) in [5, 5.41) is 3.87. The van der Waals surface area contributed by atoms with Crippen LogP contribution < -0.4 is 0 Å². The largest absolute Gasteiger partial charge is 0.416 e. The number of aryl methyl sites for hydroxylation is 1. The highest BCUT2D eigenvalue weighted by atomic mass is 19.4.